The minimum Gasteiger partial charge on any atom is -0.485 e. The zero-order chi connectivity index (χ0) is 17.8. The molecule has 7 heteroatoms. The van der Waals surface area contributed by atoms with Crippen LogP contribution in [0.1, 0.15) is 17.0 Å². The molecule has 0 saturated carbocycles. The summed E-state index contributed by atoms with van der Waals surface area (Å²) in [5, 5.41) is 10.1. The number of aryl methyl sites for hydroxylation is 1. The van der Waals surface area contributed by atoms with Crippen LogP contribution >= 0.6 is 39.3 Å². The van der Waals surface area contributed by atoms with E-state index in [0.717, 1.165) is 32.5 Å². The number of halogens is 2. The Kier molecular flexibility index (Phi) is 6.04. The molecule has 0 fully saturated rings. The van der Waals surface area contributed by atoms with Crippen molar-refractivity contribution in [2.75, 3.05) is 0 Å². The van der Waals surface area contributed by atoms with E-state index >= 15 is 0 Å². The highest BCUT2D eigenvalue weighted by atomic mass is 79.9. The van der Waals surface area contributed by atoms with Crippen LogP contribution in [0.4, 0.5) is 0 Å². The number of nitrogens with zero attached hydrogens (tertiary/aromatic N) is 3. The predicted octanol–water partition coefficient (Wildman–Crippen LogP) is 5.41. The van der Waals surface area contributed by atoms with Crippen LogP contribution < -0.4 is 4.74 Å². The van der Waals surface area contributed by atoms with Crippen LogP contribution in [0.25, 0.3) is 0 Å². The smallest absolute Gasteiger partial charge is 0.191 e. The fourth-order valence-electron chi connectivity index (χ4n) is 2.24. The van der Waals surface area contributed by atoms with Gasteiger partial charge in [0.1, 0.15) is 12.4 Å². The van der Waals surface area contributed by atoms with Crippen molar-refractivity contribution in [2.24, 2.45) is 7.05 Å². The molecule has 25 heavy (non-hydrogen) atoms. The van der Waals surface area contributed by atoms with Crippen molar-refractivity contribution in [3.63, 3.8) is 0 Å². The van der Waals surface area contributed by atoms with Crippen molar-refractivity contribution in [3.8, 4) is 5.75 Å². The van der Waals surface area contributed by atoms with E-state index in [-0.39, 0.29) is 0 Å². The second-order valence-electron chi connectivity index (χ2n) is 5.57. The van der Waals surface area contributed by atoms with E-state index < -0.39 is 0 Å². The lowest BCUT2D eigenvalue weighted by atomic mass is 10.2. The Balaban J connectivity index is 1.61. The highest BCUT2D eigenvalue weighted by molar-refractivity contribution is 9.10. The summed E-state index contributed by atoms with van der Waals surface area (Å²) in [6.45, 7) is 2.34. The average Bonchev–Trinajstić information content (AvgIpc) is 2.94. The molecule has 0 aliphatic carbocycles. The third-order valence-corrected chi connectivity index (χ3v) is 5.56. The Labute approximate surface area is 164 Å². The summed E-state index contributed by atoms with van der Waals surface area (Å²) in [6, 6.07) is 13.9. The van der Waals surface area contributed by atoms with Crippen molar-refractivity contribution in [1.82, 2.24) is 14.8 Å². The zero-order valence-corrected chi connectivity index (χ0v) is 17.0. The molecule has 3 rings (SSSR count). The van der Waals surface area contributed by atoms with Gasteiger partial charge < -0.3 is 9.30 Å². The van der Waals surface area contributed by atoms with E-state index in [1.54, 1.807) is 11.8 Å². The standard InChI is InChI=1S/C18H17BrClN3OS/c1-12-9-15(20)7-8-16(12)24-10-17-21-22-18(23(17)2)25-11-13-3-5-14(19)6-4-13/h3-9H,10-11H2,1-2H3. The molecule has 0 aliphatic heterocycles. The summed E-state index contributed by atoms with van der Waals surface area (Å²) < 4.78 is 8.90. The molecule has 1 heterocycles. The van der Waals surface area contributed by atoms with Crippen molar-refractivity contribution in [3.05, 3.63) is 68.9 Å². The minimum absolute atomic E-state index is 0.366. The fourth-order valence-corrected chi connectivity index (χ4v) is 3.62. The van der Waals surface area contributed by atoms with Crippen LogP contribution in [0.2, 0.25) is 5.02 Å². The van der Waals surface area contributed by atoms with Crippen molar-refractivity contribution < 1.29 is 4.74 Å². The molecule has 0 spiro atoms. The van der Waals surface area contributed by atoms with Gasteiger partial charge in [0.05, 0.1) is 0 Å². The maximum Gasteiger partial charge on any atom is 0.191 e. The summed E-state index contributed by atoms with van der Waals surface area (Å²) in [7, 11) is 1.96. The number of thioether (sulfide) groups is 1. The monoisotopic (exact) mass is 437 g/mol. The second kappa shape index (κ2) is 8.25. The fraction of sp³-hybridized carbons (Fsp3) is 0.222. The Hall–Kier alpha value is -1.50. The van der Waals surface area contributed by atoms with Gasteiger partial charge in [-0.05, 0) is 48.4 Å². The van der Waals surface area contributed by atoms with Gasteiger partial charge in [-0.2, -0.15) is 0 Å². The third-order valence-electron chi connectivity index (χ3n) is 3.70. The van der Waals surface area contributed by atoms with Gasteiger partial charge in [0, 0.05) is 22.3 Å². The van der Waals surface area contributed by atoms with Crippen molar-refractivity contribution in [2.45, 2.75) is 24.4 Å². The van der Waals surface area contributed by atoms with Crippen LogP contribution in [0.3, 0.4) is 0 Å². The maximum atomic E-state index is 5.97. The van der Waals surface area contributed by atoms with Gasteiger partial charge in [-0.1, -0.05) is 51.4 Å². The molecule has 0 N–H and O–H groups in total. The molecule has 130 valence electrons. The lowest BCUT2D eigenvalue weighted by Gasteiger charge is -2.09. The van der Waals surface area contributed by atoms with E-state index in [2.05, 4.69) is 38.3 Å². The minimum atomic E-state index is 0.366. The average molecular weight is 439 g/mol. The molecule has 1 aromatic heterocycles. The van der Waals surface area contributed by atoms with Crippen LogP contribution in [0, 0.1) is 6.92 Å². The number of benzene rings is 2. The zero-order valence-electron chi connectivity index (χ0n) is 13.9. The molecule has 0 radical (unpaired) electrons. The summed E-state index contributed by atoms with van der Waals surface area (Å²) >= 11 is 11.1. The van der Waals surface area contributed by atoms with E-state index in [1.807, 2.05) is 48.9 Å². The van der Waals surface area contributed by atoms with Crippen LogP contribution in [-0.4, -0.2) is 14.8 Å². The van der Waals surface area contributed by atoms with E-state index in [4.69, 9.17) is 16.3 Å². The molecule has 0 bridgehead atoms. The molecule has 0 unspecified atom stereocenters. The van der Waals surface area contributed by atoms with E-state index in [9.17, 15) is 0 Å². The highest BCUT2D eigenvalue weighted by Gasteiger charge is 2.11. The molecular weight excluding hydrogens is 422 g/mol. The van der Waals surface area contributed by atoms with Gasteiger partial charge in [-0.15, -0.1) is 10.2 Å². The summed E-state index contributed by atoms with van der Waals surface area (Å²) in [4.78, 5) is 0. The Morgan fingerprint density at radius 2 is 1.92 bits per heavy atom. The van der Waals surface area contributed by atoms with Gasteiger partial charge in [0.2, 0.25) is 0 Å². The SMILES string of the molecule is Cc1cc(Cl)ccc1OCc1nnc(SCc2ccc(Br)cc2)n1C. The quantitative estimate of drug-likeness (QED) is 0.482. The first kappa shape index (κ1) is 18.3. The normalized spacial score (nSPS) is 10.9. The van der Waals surface area contributed by atoms with Crippen LogP contribution in [-0.2, 0) is 19.4 Å². The predicted molar refractivity (Wildman–Crippen MR) is 105 cm³/mol. The number of hydrogen-bond acceptors (Lipinski definition) is 4. The number of rotatable bonds is 6. The van der Waals surface area contributed by atoms with Crippen LogP contribution in [0.15, 0.2) is 52.1 Å². The summed E-state index contributed by atoms with van der Waals surface area (Å²) in [5.41, 5.74) is 2.24. The topological polar surface area (TPSA) is 39.9 Å². The summed E-state index contributed by atoms with van der Waals surface area (Å²) in [6.07, 6.45) is 0. The highest BCUT2D eigenvalue weighted by Crippen LogP contribution is 2.24. The first-order valence-corrected chi connectivity index (χ1v) is 9.83. The lowest BCUT2D eigenvalue weighted by molar-refractivity contribution is 0.288. The van der Waals surface area contributed by atoms with Gasteiger partial charge in [0.15, 0.2) is 11.0 Å². The Morgan fingerprint density at radius 1 is 1.16 bits per heavy atom. The molecule has 0 saturated heterocycles. The molecule has 2 aromatic carbocycles. The molecule has 0 amide bonds. The van der Waals surface area contributed by atoms with Crippen molar-refractivity contribution in [1.29, 1.82) is 0 Å². The van der Waals surface area contributed by atoms with Gasteiger partial charge >= 0.3 is 0 Å². The molecular formula is C18H17BrClN3OS. The van der Waals surface area contributed by atoms with Gasteiger partial charge in [-0.3, -0.25) is 0 Å². The molecule has 0 aliphatic rings. The first-order valence-electron chi connectivity index (χ1n) is 7.67. The maximum absolute atomic E-state index is 5.97. The lowest BCUT2D eigenvalue weighted by Crippen LogP contribution is -2.05. The Bertz CT molecular complexity index is 867. The molecule has 3 aromatic rings. The van der Waals surface area contributed by atoms with Gasteiger partial charge in [-0.25, -0.2) is 0 Å². The first-order chi connectivity index (χ1) is 12.0. The molecule has 0 atom stereocenters. The van der Waals surface area contributed by atoms with E-state index in [1.165, 1.54) is 5.56 Å². The third kappa shape index (κ3) is 4.77. The van der Waals surface area contributed by atoms with Gasteiger partial charge in [0.25, 0.3) is 0 Å². The number of ether oxygens (including phenoxy) is 1. The van der Waals surface area contributed by atoms with E-state index in [0.29, 0.717) is 11.6 Å². The second-order valence-corrected chi connectivity index (χ2v) is 7.87. The summed E-state index contributed by atoms with van der Waals surface area (Å²) in [5.74, 6) is 2.43. The Morgan fingerprint density at radius 3 is 2.64 bits per heavy atom. The molecule has 4 nitrogen and oxygen atoms in total. The number of aromatic nitrogens is 3. The largest absolute Gasteiger partial charge is 0.485 e. The van der Waals surface area contributed by atoms with Crippen LogP contribution in [0.5, 0.6) is 5.75 Å². The van der Waals surface area contributed by atoms with Crippen molar-refractivity contribution >= 4 is 39.3 Å². The number of hydrogen-bond donors (Lipinski definition) is 0.